The summed E-state index contributed by atoms with van der Waals surface area (Å²) >= 11 is 0. The fourth-order valence-electron chi connectivity index (χ4n) is 3.79. The zero-order chi connectivity index (χ0) is 15.0. The first-order chi connectivity index (χ1) is 9.17. The number of rotatable bonds is 2. The lowest BCUT2D eigenvalue weighted by atomic mass is 9.63. The monoisotopic (exact) mass is 275 g/mol. The van der Waals surface area contributed by atoms with Gasteiger partial charge in [0.25, 0.3) is 5.91 Å². The van der Waals surface area contributed by atoms with Gasteiger partial charge in [0.2, 0.25) is 0 Å². The first kappa shape index (κ1) is 14.8. The number of hydrogen-bond acceptors (Lipinski definition) is 3. The van der Waals surface area contributed by atoms with E-state index in [1.165, 1.54) is 6.42 Å². The van der Waals surface area contributed by atoms with Crippen molar-refractivity contribution < 1.29 is 4.79 Å². The first-order valence-electron chi connectivity index (χ1n) is 7.20. The lowest BCUT2D eigenvalue weighted by Crippen LogP contribution is -2.46. The van der Waals surface area contributed by atoms with E-state index in [4.69, 9.17) is 5.73 Å². The maximum atomic E-state index is 12.3. The van der Waals surface area contributed by atoms with Gasteiger partial charge in [0.05, 0.1) is 0 Å². The van der Waals surface area contributed by atoms with E-state index in [-0.39, 0.29) is 22.8 Å². The Bertz CT molecular complexity index is 492. The smallest absolute Gasteiger partial charge is 0.270 e. The molecular formula is C16H25N3O. The van der Waals surface area contributed by atoms with Crippen molar-refractivity contribution in [3.05, 3.63) is 23.9 Å². The lowest BCUT2D eigenvalue weighted by Gasteiger charge is -2.45. The lowest BCUT2D eigenvalue weighted by molar-refractivity contribution is 0.0710. The van der Waals surface area contributed by atoms with E-state index >= 15 is 0 Å². The Morgan fingerprint density at radius 1 is 1.25 bits per heavy atom. The first-order valence-corrected chi connectivity index (χ1v) is 7.20. The van der Waals surface area contributed by atoms with E-state index in [0.717, 1.165) is 12.8 Å². The van der Waals surface area contributed by atoms with Gasteiger partial charge in [0, 0.05) is 6.04 Å². The van der Waals surface area contributed by atoms with Crippen molar-refractivity contribution in [2.45, 2.75) is 53.0 Å². The molecule has 0 radical (unpaired) electrons. The molecule has 0 aliphatic heterocycles. The number of carbonyl (C=O) groups is 1. The van der Waals surface area contributed by atoms with Crippen LogP contribution in [-0.2, 0) is 0 Å². The number of hydrogen-bond donors (Lipinski definition) is 2. The molecule has 1 heterocycles. The van der Waals surface area contributed by atoms with Gasteiger partial charge in [-0.05, 0) is 42.2 Å². The highest BCUT2D eigenvalue weighted by molar-refractivity contribution is 5.92. The maximum absolute atomic E-state index is 12.3. The number of nitrogen functional groups attached to an aromatic ring is 1. The van der Waals surface area contributed by atoms with Crippen molar-refractivity contribution in [2.75, 3.05) is 5.73 Å². The van der Waals surface area contributed by atoms with E-state index in [9.17, 15) is 4.79 Å². The molecule has 0 saturated heterocycles. The van der Waals surface area contributed by atoms with E-state index < -0.39 is 0 Å². The number of carbonyl (C=O) groups excluding carboxylic acids is 1. The molecule has 1 fully saturated rings. The Morgan fingerprint density at radius 2 is 1.85 bits per heavy atom. The van der Waals surface area contributed by atoms with Crippen LogP contribution in [0.3, 0.4) is 0 Å². The molecule has 1 saturated carbocycles. The number of nitrogens with one attached hydrogen (secondary N) is 1. The van der Waals surface area contributed by atoms with Gasteiger partial charge in [-0.3, -0.25) is 4.79 Å². The van der Waals surface area contributed by atoms with E-state index in [2.05, 4.69) is 38.0 Å². The largest absolute Gasteiger partial charge is 0.384 e. The minimum Gasteiger partial charge on any atom is -0.384 e. The molecule has 1 amide bonds. The van der Waals surface area contributed by atoms with Crippen molar-refractivity contribution in [3.63, 3.8) is 0 Å². The van der Waals surface area contributed by atoms with Gasteiger partial charge in [-0.15, -0.1) is 0 Å². The van der Waals surface area contributed by atoms with Crippen LogP contribution in [-0.4, -0.2) is 16.9 Å². The van der Waals surface area contributed by atoms with Gasteiger partial charge in [-0.1, -0.05) is 33.8 Å². The highest BCUT2D eigenvalue weighted by atomic mass is 16.1. The van der Waals surface area contributed by atoms with Crippen LogP contribution in [0, 0.1) is 10.8 Å². The molecule has 0 unspecified atom stereocenters. The molecule has 1 aliphatic rings. The van der Waals surface area contributed by atoms with Crippen molar-refractivity contribution in [1.82, 2.24) is 10.3 Å². The van der Waals surface area contributed by atoms with Crippen LogP contribution in [0.25, 0.3) is 0 Å². The SMILES string of the molecule is CC1(C)CC(NC(=O)c2cccc(N)n2)CC(C)(C)C1. The van der Waals surface area contributed by atoms with Crippen molar-refractivity contribution in [3.8, 4) is 0 Å². The van der Waals surface area contributed by atoms with Crippen LogP contribution < -0.4 is 11.1 Å². The van der Waals surface area contributed by atoms with Crippen LogP contribution in [0.2, 0.25) is 0 Å². The van der Waals surface area contributed by atoms with Crippen LogP contribution >= 0.6 is 0 Å². The third-order valence-electron chi connectivity index (χ3n) is 3.89. The molecule has 4 heteroatoms. The molecule has 3 N–H and O–H groups in total. The third-order valence-corrected chi connectivity index (χ3v) is 3.89. The zero-order valence-corrected chi connectivity index (χ0v) is 12.9. The molecule has 1 aliphatic carbocycles. The molecule has 1 aromatic heterocycles. The third kappa shape index (κ3) is 3.71. The van der Waals surface area contributed by atoms with Gasteiger partial charge < -0.3 is 11.1 Å². The fourth-order valence-corrected chi connectivity index (χ4v) is 3.79. The summed E-state index contributed by atoms with van der Waals surface area (Å²) in [6.07, 6.45) is 3.19. The van der Waals surface area contributed by atoms with Crippen LogP contribution in [0.1, 0.15) is 57.4 Å². The molecule has 0 atom stereocenters. The maximum Gasteiger partial charge on any atom is 0.270 e. The minimum atomic E-state index is -0.129. The second-order valence-corrected chi connectivity index (χ2v) is 7.53. The molecule has 4 nitrogen and oxygen atoms in total. The molecule has 0 aromatic carbocycles. The molecule has 20 heavy (non-hydrogen) atoms. The summed E-state index contributed by atoms with van der Waals surface area (Å²) in [5, 5.41) is 3.12. The van der Waals surface area contributed by atoms with E-state index in [1.54, 1.807) is 18.2 Å². The van der Waals surface area contributed by atoms with Crippen molar-refractivity contribution >= 4 is 11.7 Å². The highest BCUT2D eigenvalue weighted by Crippen LogP contribution is 2.45. The topological polar surface area (TPSA) is 68.0 Å². The minimum absolute atomic E-state index is 0.129. The van der Waals surface area contributed by atoms with E-state index in [1.807, 2.05) is 0 Å². The molecule has 0 bridgehead atoms. The van der Waals surface area contributed by atoms with Gasteiger partial charge >= 0.3 is 0 Å². The number of pyridine rings is 1. The number of nitrogens with zero attached hydrogens (tertiary/aromatic N) is 1. The van der Waals surface area contributed by atoms with E-state index in [0.29, 0.717) is 11.5 Å². The quantitative estimate of drug-likeness (QED) is 0.871. The summed E-state index contributed by atoms with van der Waals surface area (Å²) in [6.45, 7) is 9.08. The molecule has 2 rings (SSSR count). The van der Waals surface area contributed by atoms with Gasteiger partial charge in [-0.25, -0.2) is 4.98 Å². The summed E-state index contributed by atoms with van der Waals surface area (Å²) in [7, 11) is 0. The summed E-state index contributed by atoms with van der Waals surface area (Å²) in [6, 6.07) is 5.34. The standard InChI is InChI=1S/C16H25N3O/c1-15(2)8-11(9-16(3,4)10-15)18-14(20)12-6-5-7-13(17)19-12/h5-7,11H,8-10H2,1-4H3,(H2,17,19)(H,18,20). The zero-order valence-electron chi connectivity index (χ0n) is 12.9. The Hall–Kier alpha value is -1.58. The molecule has 0 spiro atoms. The number of anilines is 1. The molecule has 110 valence electrons. The Labute approximate surface area is 121 Å². The fraction of sp³-hybridized carbons (Fsp3) is 0.625. The number of nitrogens with two attached hydrogens (primary N) is 1. The summed E-state index contributed by atoms with van der Waals surface area (Å²) in [5.74, 6) is 0.248. The Morgan fingerprint density at radius 3 is 2.40 bits per heavy atom. The van der Waals surface area contributed by atoms with Crippen LogP contribution in [0.4, 0.5) is 5.82 Å². The normalized spacial score (nSPS) is 21.4. The Kier molecular flexibility index (Phi) is 3.76. The molecule has 1 aromatic rings. The van der Waals surface area contributed by atoms with Gasteiger partial charge in [0.1, 0.15) is 11.5 Å². The highest BCUT2D eigenvalue weighted by Gasteiger charge is 2.39. The van der Waals surface area contributed by atoms with Crippen LogP contribution in [0.5, 0.6) is 0 Å². The van der Waals surface area contributed by atoms with Crippen LogP contribution in [0.15, 0.2) is 18.2 Å². The Balaban J connectivity index is 2.08. The average molecular weight is 275 g/mol. The number of amides is 1. The second kappa shape index (κ2) is 5.08. The predicted molar refractivity (Wildman–Crippen MR) is 81.3 cm³/mol. The predicted octanol–water partition coefficient (Wildman–Crippen LogP) is 3.00. The molecular weight excluding hydrogens is 250 g/mol. The van der Waals surface area contributed by atoms with Crippen molar-refractivity contribution in [1.29, 1.82) is 0 Å². The van der Waals surface area contributed by atoms with Gasteiger partial charge in [0.15, 0.2) is 0 Å². The number of aromatic nitrogens is 1. The average Bonchev–Trinajstić information content (AvgIpc) is 2.24. The summed E-state index contributed by atoms with van der Waals surface area (Å²) in [4.78, 5) is 16.3. The second-order valence-electron chi connectivity index (χ2n) is 7.53. The van der Waals surface area contributed by atoms with Gasteiger partial charge in [-0.2, -0.15) is 0 Å². The summed E-state index contributed by atoms with van der Waals surface area (Å²) in [5.41, 5.74) is 6.52. The van der Waals surface area contributed by atoms with Crippen molar-refractivity contribution in [2.24, 2.45) is 10.8 Å². The summed E-state index contributed by atoms with van der Waals surface area (Å²) < 4.78 is 0.